The quantitative estimate of drug-likeness (QED) is 0.109. The number of rotatable bonds is 3. The summed E-state index contributed by atoms with van der Waals surface area (Å²) in [7, 11) is 0. The summed E-state index contributed by atoms with van der Waals surface area (Å²) in [6, 6.07) is 5.18. The third-order valence-electron chi connectivity index (χ3n) is 11.8. The highest BCUT2D eigenvalue weighted by Crippen LogP contribution is 2.50. The number of nitrogens with one attached hydrogen (secondary N) is 2. The Hall–Kier alpha value is -5.73. The minimum Gasteiger partial charge on any atom is -0.507 e. The third-order valence-corrected chi connectivity index (χ3v) is 11.8. The lowest BCUT2D eigenvalue weighted by Gasteiger charge is -2.25. The number of ether oxygens (including phenoxy) is 5. The largest absolute Gasteiger partial charge is 0.507 e. The summed E-state index contributed by atoms with van der Waals surface area (Å²) in [5, 5.41) is 17.5. The van der Waals surface area contributed by atoms with Crippen molar-refractivity contribution in [1.29, 1.82) is 0 Å². The molecule has 2 saturated heterocycles. The van der Waals surface area contributed by atoms with E-state index in [9.17, 15) is 24.3 Å². The number of aromatic hydroxyl groups is 1. The molecule has 7 aliphatic rings. The van der Waals surface area contributed by atoms with Crippen molar-refractivity contribution >= 4 is 45.2 Å². The highest BCUT2D eigenvalue weighted by atomic mass is 16.7. The maximum absolute atomic E-state index is 14.7. The van der Waals surface area contributed by atoms with Gasteiger partial charge in [0, 0.05) is 42.4 Å². The number of aromatic nitrogens is 1. The van der Waals surface area contributed by atoms with Crippen LogP contribution in [0, 0.1) is 18.8 Å². The summed E-state index contributed by atoms with van der Waals surface area (Å²) in [4.78, 5) is 60.1. The van der Waals surface area contributed by atoms with Gasteiger partial charge in [0.2, 0.25) is 5.43 Å². The van der Waals surface area contributed by atoms with Crippen molar-refractivity contribution < 1.29 is 47.6 Å². The Morgan fingerprint density at radius 1 is 1.07 bits per heavy atom. The molecule has 59 heavy (non-hydrogen) atoms. The van der Waals surface area contributed by atoms with Crippen LogP contribution in [-0.2, 0) is 23.8 Å². The second-order valence-electron chi connectivity index (χ2n) is 16.2. The van der Waals surface area contributed by atoms with Gasteiger partial charge in [-0.2, -0.15) is 0 Å². The molecule has 9 rings (SSSR count). The van der Waals surface area contributed by atoms with Crippen molar-refractivity contribution in [3.63, 3.8) is 0 Å². The van der Waals surface area contributed by atoms with Crippen LogP contribution in [0.2, 0.25) is 0 Å². The molecule has 3 N–H and O–H groups in total. The molecule has 6 aliphatic heterocycles. The number of allylic oxidation sites excluding steroid dienone is 3. The lowest BCUT2D eigenvalue weighted by Crippen LogP contribution is -2.38. The minimum atomic E-state index is -1.89. The first-order chi connectivity index (χ1) is 28.2. The number of fused-ring (bicyclic) bond motifs is 9. The molecular weight excluding hydrogens is 759 g/mol. The fraction of sp³-hybridized carbons (Fsp3) is 0.444. The molecule has 2 aromatic rings. The second-order valence-corrected chi connectivity index (χ2v) is 16.2. The van der Waals surface area contributed by atoms with Crippen LogP contribution in [0.25, 0.3) is 33.3 Å². The number of carbonyl (C=O) groups is 3. The fourth-order valence-corrected chi connectivity index (χ4v) is 8.63. The molecule has 1 aliphatic carbocycles. The molecule has 6 heterocycles. The van der Waals surface area contributed by atoms with Gasteiger partial charge in [0.15, 0.2) is 11.3 Å². The third kappa shape index (κ3) is 7.44. The minimum absolute atomic E-state index is 0.000772. The topological polar surface area (TPSA) is 185 Å². The van der Waals surface area contributed by atoms with Crippen molar-refractivity contribution in [3.8, 4) is 28.7 Å². The SMILES string of the molecule is CC(=O)O[C@@H]1CC/C=C/O[C@@]2(C)Oc3c(C)c(O)c4c(=O)c(c5oc6cc(OC7CCNCC7)ccc6nc-5c4c3C2=O)NC(=O)/C(C)=C\C=C\[C@H](C)[C@@H]2O[C@@H]1C[C@@H]2C. The van der Waals surface area contributed by atoms with Crippen LogP contribution < -0.4 is 25.5 Å². The normalized spacial score (nSPS) is 28.6. The molecular formula is C45H49N3O11. The van der Waals surface area contributed by atoms with E-state index in [0.29, 0.717) is 30.5 Å². The zero-order valence-electron chi connectivity index (χ0n) is 34.0. The summed E-state index contributed by atoms with van der Waals surface area (Å²) >= 11 is 0. The summed E-state index contributed by atoms with van der Waals surface area (Å²) < 4.78 is 37.2. The van der Waals surface area contributed by atoms with Crippen LogP contribution in [0.1, 0.15) is 82.6 Å². The monoisotopic (exact) mass is 807 g/mol. The van der Waals surface area contributed by atoms with Crippen LogP contribution in [-0.4, -0.2) is 71.0 Å². The number of nitrogens with zero attached hydrogens (tertiary/aromatic N) is 1. The Balaban J connectivity index is 1.28. The van der Waals surface area contributed by atoms with Gasteiger partial charge in [-0.05, 0) is 83.2 Å². The van der Waals surface area contributed by atoms with Gasteiger partial charge in [0.05, 0.1) is 29.4 Å². The van der Waals surface area contributed by atoms with Gasteiger partial charge >= 0.3 is 11.8 Å². The van der Waals surface area contributed by atoms with Gasteiger partial charge < -0.3 is 43.8 Å². The predicted molar refractivity (Wildman–Crippen MR) is 219 cm³/mol. The maximum atomic E-state index is 14.7. The van der Waals surface area contributed by atoms with E-state index in [0.717, 1.165) is 25.9 Å². The number of hydrogen-bond donors (Lipinski definition) is 3. The standard InChI is InChI=1S/C45H49N3O11/c1-22-10-9-11-23(2)44(53)48-37-39(51)34-33(36-42(37)57-31-21-28(13-14-29(31)47-36)56-27-15-17-46-18-16-27)35-41(25(4)38(34)50)59-45(6,43(35)52)54-19-8-7-12-30(55-26(5)49)32-20-24(3)40(22)58-32/h8-11,13-14,19,21-22,24,27,30,32,40,46,50H,7,12,15-18,20H2,1-6H3,(H,48,53)/b10-9+,19-8+,23-11-/t22-,24-,30+,32+,40-,45-/m0/s1. The number of Topliss-reactive ketones (excluding diaryl/α,β-unsaturated/α-hetero) is 1. The molecule has 0 saturated carbocycles. The number of anilines is 1. The summed E-state index contributed by atoms with van der Waals surface area (Å²) in [6.07, 6.45) is 10.6. The number of carbonyl (C=O) groups excluding carboxylic acids is 3. The van der Waals surface area contributed by atoms with Crippen molar-refractivity contribution in [2.24, 2.45) is 11.8 Å². The van der Waals surface area contributed by atoms with Gasteiger partial charge in [0.1, 0.15) is 46.4 Å². The average Bonchev–Trinajstić information content (AvgIpc) is 3.72. The van der Waals surface area contributed by atoms with E-state index < -0.39 is 40.7 Å². The lowest BCUT2D eigenvalue weighted by molar-refractivity contribution is -0.155. The van der Waals surface area contributed by atoms with E-state index in [-0.39, 0.29) is 86.1 Å². The number of phenolic OH excluding ortho intramolecular Hbond substituents is 1. The zero-order chi connectivity index (χ0) is 41.7. The fourth-order valence-electron chi connectivity index (χ4n) is 8.63. The molecule has 6 atom stereocenters. The van der Waals surface area contributed by atoms with Gasteiger partial charge in [0.25, 0.3) is 11.7 Å². The molecule has 0 unspecified atom stereocenters. The molecule has 7 bridgehead atoms. The summed E-state index contributed by atoms with van der Waals surface area (Å²) in [6.45, 7) is 11.8. The first-order valence-electron chi connectivity index (χ1n) is 20.3. The van der Waals surface area contributed by atoms with Gasteiger partial charge in [-0.1, -0.05) is 32.1 Å². The van der Waals surface area contributed by atoms with Crippen LogP contribution in [0.5, 0.6) is 17.2 Å². The highest BCUT2D eigenvalue weighted by molar-refractivity contribution is 6.22. The van der Waals surface area contributed by atoms with Crippen molar-refractivity contribution in [3.05, 3.63) is 75.7 Å². The van der Waals surface area contributed by atoms with Gasteiger partial charge in [-0.3, -0.25) is 19.2 Å². The van der Waals surface area contributed by atoms with Gasteiger partial charge in [-0.15, -0.1) is 0 Å². The number of ketones is 1. The number of hydrogen-bond acceptors (Lipinski definition) is 13. The lowest BCUT2D eigenvalue weighted by atomic mass is 9.91. The first-order valence-corrected chi connectivity index (χ1v) is 20.3. The molecule has 2 fully saturated rings. The molecule has 0 spiro atoms. The molecule has 0 radical (unpaired) electrons. The molecule has 14 nitrogen and oxygen atoms in total. The molecule has 0 aromatic heterocycles. The van der Waals surface area contributed by atoms with Crippen LogP contribution in [0.3, 0.4) is 0 Å². The average molecular weight is 808 g/mol. The smallest absolute Gasteiger partial charge is 0.312 e. The van der Waals surface area contributed by atoms with E-state index in [2.05, 4.69) is 17.6 Å². The Labute approximate surface area is 340 Å². The van der Waals surface area contributed by atoms with E-state index in [4.69, 9.17) is 33.1 Å². The van der Waals surface area contributed by atoms with Crippen LogP contribution >= 0.6 is 0 Å². The van der Waals surface area contributed by atoms with E-state index in [1.807, 2.05) is 13.0 Å². The van der Waals surface area contributed by atoms with Crippen molar-refractivity contribution in [2.45, 2.75) is 104 Å². The van der Waals surface area contributed by atoms with E-state index >= 15 is 0 Å². The number of esters is 1. The highest BCUT2D eigenvalue weighted by Gasteiger charge is 2.50. The molecule has 1 amide bonds. The van der Waals surface area contributed by atoms with Crippen molar-refractivity contribution in [1.82, 2.24) is 10.3 Å². The number of amides is 1. The Bertz CT molecular complexity index is 2480. The number of piperidine rings is 1. The number of benzene rings is 3. The van der Waals surface area contributed by atoms with Crippen LogP contribution in [0.4, 0.5) is 5.69 Å². The Morgan fingerprint density at radius 3 is 2.61 bits per heavy atom. The second kappa shape index (κ2) is 15.8. The molecule has 310 valence electrons. The maximum Gasteiger partial charge on any atom is 0.312 e. The number of phenols is 1. The van der Waals surface area contributed by atoms with Gasteiger partial charge in [-0.25, -0.2) is 4.98 Å². The van der Waals surface area contributed by atoms with Crippen LogP contribution in [0.15, 0.2) is 63.6 Å². The Morgan fingerprint density at radius 2 is 1.85 bits per heavy atom. The Kier molecular flexibility index (Phi) is 10.7. The zero-order valence-corrected chi connectivity index (χ0v) is 34.0. The van der Waals surface area contributed by atoms with E-state index in [1.54, 1.807) is 43.4 Å². The predicted octanol–water partition coefficient (Wildman–Crippen LogP) is 7.01. The summed E-state index contributed by atoms with van der Waals surface area (Å²) in [5.74, 6) is -3.41. The summed E-state index contributed by atoms with van der Waals surface area (Å²) in [5.41, 5.74) is 0.0369. The molecule has 14 heteroatoms. The van der Waals surface area contributed by atoms with Crippen molar-refractivity contribution in [2.75, 3.05) is 18.4 Å². The van der Waals surface area contributed by atoms with E-state index in [1.165, 1.54) is 27.0 Å². The molecule has 2 aromatic carbocycles. The first kappa shape index (κ1) is 40.1.